The van der Waals surface area contributed by atoms with Crippen molar-refractivity contribution in [3.05, 3.63) is 65.1 Å². The molecule has 0 aliphatic heterocycles. The van der Waals surface area contributed by atoms with Crippen molar-refractivity contribution in [3.63, 3.8) is 0 Å². The topological polar surface area (TPSA) is 344 Å². The Labute approximate surface area is 127 Å². The van der Waals surface area contributed by atoms with Crippen LogP contribution in [0.15, 0.2) is 21.4 Å². The molecule has 0 saturated carbocycles. The van der Waals surface area contributed by atoms with Crippen LogP contribution >= 0.6 is 0 Å². The summed E-state index contributed by atoms with van der Waals surface area (Å²) in [5.41, 5.74) is 0. The third-order valence-electron chi connectivity index (χ3n) is 0. The van der Waals surface area contributed by atoms with Crippen LogP contribution in [0.3, 0.4) is 0 Å². The van der Waals surface area contributed by atoms with Crippen molar-refractivity contribution < 1.29 is 40.8 Å². The summed E-state index contributed by atoms with van der Waals surface area (Å²) < 4.78 is 0. The van der Waals surface area contributed by atoms with E-state index in [0.717, 1.165) is 21.4 Å². The molecule has 120 valence electrons. The zero-order chi connectivity index (χ0) is 10.8. The first kappa shape index (κ1) is 91.0. The van der Waals surface area contributed by atoms with Crippen molar-refractivity contribution in [2.45, 2.75) is 0 Å². The Hall–Kier alpha value is -1.24. The van der Waals surface area contributed by atoms with Crippen LogP contribution in [0.25, 0.3) is 24.6 Å². The average molecular weight is 461 g/mol. The first-order chi connectivity index (χ1) is 5.66. The first-order valence-corrected chi connectivity index (χ1v) is 1.46. The molecule has 0 rings (SSSR count). The van der Waals surface area contributed by atoms with Gasteiger partial charge in [0.2, 0.25) is 0 Å². The molecule has 8 N–H and O–H groups in total. The molecule has 0 amide bonds. The third-order valence-corrected chi connectivity index (χ3v) is 0. The fourth-order valence-electron chi connectivity index (χ4n) is 0. The van der Waals surface area contributed by atoms with E-state index in [1.807, 2.05) is 0 Å². The number of hydrogen-bond donors (Lipinski definition) is 0. The van der Waals surface area contributed by atoms with Crippen LogP contribution in [-0.4, -0.2) is 0 Å². The quantitative estimate of drug-likeness (QED) is 0.288. The molecule has 0 aromatic rings. The molecule has 0 fully saturated rings. The Morgan fingerprint density at radius 3 is 0.444 bits per heavy atom. The Morgan fingerprint density at radius 2 is 0.444 bits per heavy atom. The van der Waals surface area contributed by atoms with E-state index in [9.17, 15) is 0 Å². The fourth-order valence-corrected chi connectivity index (χ4v) is 0. The average Bonchev–Trinajstić information content (AvgIpc) is 1.92. The zero-order valence-corrected chi connectivity index (χ0v) is 11.1. The largest absolute Gasteiger partial charge is 2.00 e. The van der Waals surface area contributed by atoms with Gasteiger partial charge >= 0.3 is 40.8 Å². The maximum Gasteiger partial charge on any atom is 2.00 e. The van der Waals surface area contributed by atoms with E-state index in [-0.39, 0.29) is 65.4 Å². The number of hydrogen-bond acceptors (Lipinski definition) is 12. The summed E-state index contributed by atoms with van der Waals surface area (Å²) in [7, 11) is 0. The van der Waals surface area contributed by atoms with Crippen LogP contribution in [-0.2, 0) is 40.8 Å². The first-order valence-electron chi connectivity index (χ1n) is 1.46. The molecule has 0 radical (unpaired) electrons. The van der Waals surface area contributed by atoms with Crippen LogP contribution in [0.2, 0.25) is 0 Å². The van der Waals surface area contributed by atoms with Gasteiger partial charge in [0.05, 0.1) is 0 Å². The number of nitrogens with two attached hydrogens (primary N) is 4. The second-order valence-electron chi connectivity index (χ2n) is 0.298. The summed E-state index contributed by atoms with van der Waals surface area (Å²) in [4.78, 5) is 32.0. The molecule has 0 heterocycles. The normalized spacial score (nSPS) is 2.67. The molecule has 0 unspecified atom stereocenters. The Kier molecular flexibility index (Phi) is 2270. The standard InChI is InChI=1S/4HNO2.4H2N.2Pd/c4*2-1-3;;;;;;/h4*(H,2,3);4*1H2;;/q;;;;4*-1;2*+2/p-4. The second-order valence-corrected chi connectivity index (χ2v) is 0.298. The summed E-state index contributed by atoms with van der Waals surface area (Å²) >= 11 is 0. The second kappa shape index (κ2) is 450. The maximum absolute atomic E-state index is 8.00. The summed E-state index contributed by atoms with van der Waals surface area (Å²) in [6.45, 7) is 0. The smallest absolute Gasteiger partial charge is 0.693 e. The predicted molar refractivity (Wildman–Crippen MR) is 57.8 cm³/mol. The van der Waals surface area contributed by atoms with E-state index in [4.69, 9.17) is 40.5 Å². The number of rotatable bonds is 0. The van der Waals surface area contributed by atoms with Crippen LogP contribution < -0.4 is 0 Å². The van der Waals surface area contributed by atoms with Crippen LogP contribution in [0.4, 0.5) is 0 Å². The van der Waals surface area contributed by atoms with E-state index < -0.39 is 0 Å². The summed E-state index contributed by atoms with van der Waals surface area (Å²) in [5.74, 6) is 0. The Morgan fingerprint density at radius 1 is 0.444 bits per heavy atom. The summed E-state index contributed by atoms with van der Waals surface area (Å²) in [6.07, 6.45) is 0. The van der Waals surface area contributed by atoms with Crippen molar-refractivity contribution >= 4 is 0 Å². The van der Waals surface area contributed by atoms with Gasteiger partial charge in [0.15, 0.2) is 0 Å². The third kappa shape index (κ3) is 1830. The van der Waals surface area contributed by atoms with Gasteiger partial charge in [-0.25, -0.2) is 0 Å². The molecule has 16 nitrogen and oxygen atoms in total. The molecule has 0 bridgehead atoms. The molecular formula is H8N8O8Pd2-4. The van der Waals surface area contributed by atoms with Crippen molar-refractivity contribution in [2.75, 3.05) is 0 Å². The van der Waals surface area contributed by atoms with E-state index in [0.29, 0.717) is 0 Å². The van der Waals surface area contributed by atoms with E-state index in [1.54, 1.807) is 0 Å². The molecule has 0 atom stereocenters. The van der Waals surface area contributed by atoms with Gasteiger partial charge in [0.25, 0.3) is 0 Å². The van der Waals surface area contributed by atoms with Gasteiger partial charge in [-0.3, -0.25) is 0 Å². The summed E-state index contributed by atoms with van der Waals surface area (Å²) in [6, 6.07) is 0. The molecule has 18 heteroatoms. The van der Waals surface area contributed by atoms with Gasteiger partial charge in [0, 0.05) is 0 Å². The Bertz CT molecular complexity index is 79.1. The van der Waals surface area contributed by atoms with E-state index >= 15 is 0 Å². The van der Waals surface area contributed by atoms with Gasteiger partial charge in [-0.2, -0.15) is 0 Å². The molecule has 18 heavy (non-hydrogen) atoms. The minimum atomic E-state index is 0. The minimum absolute atomic E-state index is 0. The van der Waals surface area contributed by atoms with Crippen molar-refractivity contribution in [1.82, 2.24) is 0 Å². The molecule has 0 aliphatic rings. The van der Waals surface area contributed by atoms with Crippen LogP contribution in [0, 0.1) is 40.5 Å². The maximum atomic E-state index is 8.00. The fraction of sp³-hybridized carbons (Fsp3) is 0. The van der Waals surface area contributed by atoms with E-state index in [1.165, 1.54) is 0 Å². The van der Waals surface area contributed by atoms with Crippen molar-refractivity contribution in [3.8, 4) is 0 Å². The zero-order valence-electron chi connectivity index (χ0n) is 8.00. The Balaban J connectivity index is -0.00000000533. The summed E-state index contributed by atoms with van der Waals surface area (Å²) in [5, 5.41) is 36.0. The van der Waals surface area contributed by atoms with E-state index in [2.05, 4.69) is 0 Å². The molecule has 0 spiro atoms. The molecule has 0 aliphatic carbocycles. The van der Waals surface area contributed by atoms with Crippen LogP contribution in [0.1, 0.15) is 0 Å². The van der Waals surface area contributed by atoms with Crippen molar-refractivity contribution in [2.24, 2.45) is 21.4 Å². The predicted octanol–water partition coefficient (Wildman–Crippen LogP) is 3.87. The van der Waals surface area contributed by atoms with Crippen LogP contribution in [0.5, 0.6) is 0 Å². The van der Waals surface area contributed by atoms with Gasteiger partial charge in [-0.05, 0) is 0 Å². The number of nitrogens with zero attached hydrogens (tertiary/aromatic N) is 4. The monoisotopic (exact) mass is 460 g/mol. The van der Waals surface area contributed by atoms with Gasteiger partial charge in [-0.1, -0.05) is 0 Å². The molecule has 0 aromatic carbocycles. The SMILES string of the molecule is O=N[O-].O=N[O-].O=N[O-].O=N[O-].[NH2-].[NH2-].[NH2-].[NH2-].[Pd+2].[Pd+2]. The molecular weight excluding hydrogens is 453 g/mol. The van der Waals surface area contributed by atoms with Gasteiger partial charge in [-0.15, -0.1) is 21.4 Å². The van der Waals surface area contributed by atoms with Crippen molar-refractivity contribution in [1.29, 1.82) is 0 Å². The van der Waals surface area contributed by atoms with Gasteiger partial charge in [0.1, 0.15) is 0 Å². The molecule has 0 saturated heterocycles. The minimum Gasteiger partial charge on any atom is -0.693 e. The molecule has 0 aromatic heterocycles. The van der Waals surface area contributed by atoms with Gasteiger partial charge < -0.3 is 65.1 Å².